The molecule has 2 aromatic heterocycles. The first-order valence-electron chi connectivity index (χ1n) is 9.97. The topological polar surface area (TPSA) is 92.9 Å². The highest BCUT2D eigenvalue weighted by Crippen LogP contribution is 2.33. The first kappa shape index (κ1) is 22.8. The number of aromatic nitrogens is 2. The van der Waals surface area contributed by atoms with Gasteiger partial charge in [0.05, 0.1) is 25.3 Å². The van der Waals surface area contributed by atoms with Crippen molar-refractivity contribution >= 4 is 19.0 Å². The van der Waals surface area contributed by atoms with Crippen LogP contribution >= 0.6 is 0 Å². The molecular formula is C22H28N2O6Si. The number of methoxy groups -OCH3 is 2. The van der Waals surface area contributed by atoms with Crippen molar-refractivity contribution in [1.82, 2.24) is 9.97 Å². The number of hydrogen-bond donors (Lipinski definition) is 0. The zero-order valence-corrected chi connectivity index (χ0v) is 19.8. The van der Waals surface area contributed by atoms with E-state index in [-0.39, 0.29) is 18.7 Å². The first-order chi connectivity index (χ1) is 14.7. The number of aryl methyl sites for hydroxylation is 1. The van der Waals surface area contributed by atoms with Crippen LogP contribution in [-0.2, 0) is 4.74 Å². The van der Waals surface area contributed by atoms with E-state index < -0.39 is 13.7 Å². The van der Waals surface area contributed by atoms with Crippen molar-refractivity contribution in [2.75, 3.05) is 27.6 Å². The van der Waals surface area contributed by atoms with Gasteiger partial charge in [0.1, 0.15) is 11.3 Å². The number of fused-ring (bicyclic) bond motifs is 1. The molecule has 31 heavy (non-hydrogen) atoms. The van der Waals surface area contributed by atoms with Crippen LogP contribution in [0.15, 0.2) is 33.6 Å². The van der Waals surface area contributed by atoms with Crippen molar-refractivity contribution in [2.24, 2.45) is 0 Å². The molecule has 3 rings (SSSR count). The van der Waals surface area contributed by atoms with Gasteiger partial charge < -0.3 is 23.4 Å². The van der Waals surface area contributed by atoms with Gasteiger partial charge in [-0.25, -0.2) is 9.78 Å². The van der Waals surface area contributed by atoms with Crippen molar-refractivity contribution in [3.63, 3.8) is 0 Å². The molecule has 9 heteroatoms. The molecule has 0 saturated heterocycles. The zero-order chi connectivity index (χ0) is 22.6. The van der Waals surface area contributed by atoms with Crippen LogP contribution in [0.4, 0.5) is 0 Å². The van der Waals surface area contributed by atoms with Crippen molar-refractivity contribution in [2.45, 2.75) is 32.6 Å². The molecular weight excluding hydrogens is 416 g/mol. The molecule has 0 aliphatic carbocycles. The van der Waals surface area contributed by atoms with Crippen molar-refractivity contribution < 1.29 is 23.4 Å². The van der Waals surface area contributed by atoms with Gasteiger partial charge in [-0.05, 0) is 30.7 Å². The monoisotopic (exact) mass is 444 g/mol. The van der Waals surface area contributed by atoms with Crippen LogP contribution < -0.4 is 19.8 Å². The summed E-state index contributed by atoms with van der Waals surface area (Å²) >= 11 is 0. The minimum atomic E-state index is -1.14. The molecule has 0 saturated carbocycles. The summed E-state index contributed by atoms with van der Waals surface area (Å²) in [5, 5.41) is 0.777. The summed E-state index contributed by atoms with van der Waals surface area (Å²) in [6.07, 6.45) is 1.49. The van der Waals surface area contributed by atoms with E-state index in [1.807, 2.05) is 19.1 Å². The number of benzene rings is 1. The summed E-state index contributed by atoms with van der Waals surface area (Å²) in [7, 11) is 1.79. The SMILES string of the molecule is COc1ncc(-c2c(C)c3ccc(OCOCC[Si](C)(C)C)cc3oc2=O)c(OC)n1. The summed E-state index contributed by atoms with van der Waals surface area (Å²) in [5.74, 6) is 0.804. The molecule has 0 aliphatic heterocycles. The second kappa shape index (κ2) is 9.48. The summed E-state index contributed by atoms with van der Waals surface area (Å²) in [6.45, 7) is 9.56. The largest absolute Gasteiger partial charge is 0.480 e. The third kappa shape index (κ3) is 5.42. The third-order valence-electron chi connectivity index (χ3n) is 4.82. The Morgan fingerprint density at radius 3 is 2.58 bits per heavy atom. The van der Waals surface area contributed by atoms with Gasteiger partial charge in [-0.15, -0.1) is 0 Å². The average molecular weight is 445 g/mol. The van der Waals surface area contributed by atoms with Gasteiger partial charge in [-0.2, -0.15) is 4.98 Å². The fourth-order valence-electron chi connectivity index (χ4n) is 3.06. The Bertz CT molecular complexity index is 1120. The highest BCUT2D eigenvalue weighted by Gasteiger charge is 2.20. The Labute approximate surface area is 182 Å². The smallest absolute Gasteiger partial charge is 0.344 e. The Morgan fingerprint density at radius 1 is 1.13 bits per heavy atom. The lowest BCUT2D eigenvalue weighted by Gasteiger charge is -2.15. The molecule has 3 aromatic rings. The van der Waals surface area contributed by atoms with Crippen LogP contribution in [0.25, 0.3) is 22.1 Å². The first-order valence-corrected chi connectivity index (χ1v) is 13.7. The second-order valence-electron chi connectivity index (χ2n) is 8.31. The van der Waals surface area contributed by atoms with Crippen LogP contribution in [0, 0.1) is 6.92 Å². The standard InChI is InChI=1S/C22H28N2O6Si/c1-14-16-8-7-15(29-13-28-9-10-31(4,5)6)11-18(16)30-21(25)19(14)17-12-23-22(27-3)24-20(17)26-2/h7-8,11-12H,9-10,13H2,1-6H3. The van der Waals surface area contributed by atoms with Crippen LogP contribution in [0.5, 0.6) is 17.6 Å². The number of rotatable bonds is 9. The predicted octanol–water partition coefficient (Wildman–Crippen LogP) is 4.27. The van der Waals surface area contributed by atoms with E-state index in [1.165, 1.54) is 20.4 Å². The summed E-state index contributed by atoms with van der Waals surface area (Å²) in [5.41, 5.74) is 1.43. The fraction of sp³-hybridized carbons (Fsp3) is 0.409. The van der Waals surface area contributed by atoms with Crippen LogP contribution in [0.1, 0.15) is 5.56 Å². The molecule has 0 radical (unpaired) electrons. The van der Waals surface area contributed by atoms with Gasteiger partial charge in [0.25, 0.3) is 0 Å². The maximum Gasteiger partial charge on any atom is 0.344 e. The second-order valence-corrected chi connectivity index (χ2v) is 13.9. The molecule has 0 unspecified atom stereocenters. The molecule has 0 amide bonds. The van der Waals surface area contributed by atoms with Crippen molar-refractivity contribution in [3.05, 3.63) is 40.4 Å². The summed E-state index contributed by atoms with van der Waals surface area (Å²) < 4.78 is 27.2. The van der Waals surface area contributed by atoms with Crippen molar-refractivity contribution in [3.8, 4) is 28.8 Å². The Morgan fingerprint density at radius 2 is 1.90 bits per heavy atom. The number of nitrogens with zero attached hydrogens (tertiary/aromatic N) is 2. The highest BCUT2D eigenvalue weighted by atomic mass is 28.3. The lowest BCUT2D eigenvalue weighted by atomic mass is 10.0. The molecule has 1 aromatic carbocycles. The minimum Gasteiger partial charge on any atom is -0.480 e. The zero-order valence-electron chi connectivity index (χ0n) is 18.8. The van der Waals surface area contributed by atoms with Crippen LogP contribution in [0.2, 0.25) is 25.7 Å². The third-order valence-corrected chi connectivity index (χ3v) is 6.53. The Kier molecular flexibility index (Phi) is 6.96. The van der Waals surface area contributed by atoms with E-state index in [4.69, 9.17) is 23.4 Å². The van der Waals surface area contributed by atoms with Gasteiger partial charge in [-0.1, -0.05) is 19.6 Å². The molecule has 0 spiro atoms. The fourth-order valence-corrected chi connectivity index (χ4v) is 3.82. The van der Waals surface area contributed by atoms with Crippen molar-refractivity contribution in [1.29, 1.82) is 0 Å². The minimum absolute atomic E-state index is 0.150. The Balaban J connectivity index is 1.86. The lowest BCUT2D eigenvalue weighted by Crippen LogP contribution is -2.22. The molecule has 0 aliphatic rings. The van der Waals surface area contributed by atoms with Crippen LogP contribution in [-0.4, -0.2) is 45.7 Å². The van der Waals surface area contributed by atoms with E-state index in [1.54, 1.807) is 6.07 Å². The number of hydrogen-bond acceptors (Lipinski definition) is 8. The van der Waals surface area contributed by atoms with Gasteiger partial charge >= 0.3 is 11.6 Å². The molecule has 0 bridgehead atoms. The molecule has 0 fully saturated rings. The van der Waals surface area contributed by atoms with Gasteiger partial charge in [-0.3, -0.25) is 0 Å². The number of ether oxygens (including phenoxy) is 4. The molecule has 2 heterocycles. The summed E-state index contributed by atoms with van der Waals surface area (Å²) in [4.78, 5) is 21.1. The van der Waals surface area contributed by atoms with E-state index in [0.717, 1.165) is 17.0 Å². The van der Waals surface area contributed by atoms with E-state index in [2.05, 4.69) is 29.6 Å². The molecule has 166 valence electrons. The van der Waals surface area contributed by atoms with Crippen LogP contribution in [0.3, 0.4) is 0 Å². The molecule has 0 N–H and O–H groups in total. The highest BCUT2D eigenvalue weighted by molar-refractivity contribution is 6.76. The summed E-state index contributed by atoms with van der Waals surface area (Å²) in [6, 6.07) is 6.59. The van der Waals surface area contributed by atoms with E-state index >= 15 is 0 Å². The van der Waals surface area contributed by atoms with Gasteiger partial charge in [0.15, 0.2) is 6.79 Å². The van der Waals surface area contributed by atoms with E-state index in [0.29, 0.717) is 29.1 Å². The quantitative estimate of drug-likeness (QED) is 0.209. The van der Waals surface area contributed by atoms with Gasteiger partial charge in [0, 0.05) is 32.3 Å². The van der Waals surface area contributed by atoms with Gasteiger partial charge in [0.2, 0.25) is 5.88 Å². The van der Waals surface area contributed by atoms with E-state index in [9.17, 15) is 4.79 Å². The maximum atomic E-state index is 12.8. The lowest BCUT2D eigenvalue weighted by molar-refractivity contribution is 0.0221. The normalized spacial score (nSPS) is 11.5. The molecule has 0 atom stereocenters. The molecule has 8 nitrogen and oxygen atoms in total. The Hall–Kier alpha value is -2.91. The predicted molar refractivity (Wildman–Crippen MR) is 121 cm³/mol. The average Bonchev–Trinajstić information content (AvgIpc) is 2.72. The maximum absolute atomic E-state index is 12.8.